The van der Waals surface area contributed by atoms with Crippen LogP contribution in [0.2, 0.25) is 0 Å². The predicted octanol–water partition coefficient (Wildman–Crippen LogP) is 5.54. The van der Waals surface area contributed by atoms with Gasteiger partial charge in [0.1, 0.15) is 0 Å². The molecule has 0 aliphatic carbocycles. The first-order valence-electron chi connectivity index (χ1n) is 6.71. The average Bonchev–Trinajstić information content (AvgIpc) is 2.25. The fraction of sp³-hybridized carbons (Fsp3) is 0.625. The van der Waals surface area contributed by atoms with E-state index in [-0.39, 0.29) is 3.55 Å². The summed E-state index contributed by atoms with van der Waals surface area (Å²) in [4.78, 5) is 2.41. The second kappa shape index (κ2) is 5.81. The van der Waals surface area contributed by atoms with Crippen molar-refractivity contribution in [3.05, 3.63) is 29.3 Å². The number of rotatable bonds is 4. The zero-order valence-electron chi connectivity index (χ0n) is 12.7. The largest absolute Gasteiger partial charge is 0.360 e. The first kappa shape index (κ1) is 15.8. The molecule has 102 valence electrons. The van der Waals surface area contributed by atoms with E-state index in [1.54, 1.807) is 0 Å². The molecule has 2 heteroatoms. The number of anilines is 1. The highest BCUT2D eigenvalue weighted by atomic mass is 127. The Bertz CT molecular complexity index is 376. The van der Waals surface area contributed by atoms with Crippen molar-refractivity contribution in [2.45, 2.75) is 56.9 Å². The summed E-state index contributed by atoms with van der Waals surface area (Å²) < 4.78 is 0.117. The highest BCUT2D eigenvalue weighted by molar-refractivity contribution is 14.1. The maximum absolute atomic E-state index is 2.51. The lowest BCUT2D eigenvalue weighted by atomic mass is 9.91. The van der Waals surface area contributed by atoms with E-state index in [9.17, 15) is 0 Å². The molecule has 0 N–H and O–H groups in total. The van der Waals surface area contributed by atoms with Gasteiger partial charge < -0.3 is 4.90 Å². The molecule has 0 saturated heterocycles. The Morgan fingerprint density at radius 2 is 1.39 bits per heavy atom. The Morgan fingerprint density at radius 1 is 1.00 bits per heavy atom. The molecule has 1 nitrogen and oxygen atoms in total. The Kier molecular flexibility index (Phi) is 5.10. The van der Waals surface area contributed by atoms with Gasteiger partial charge in [0.15, 0.2) is 0 Å². The second-order valence-corrected chi connectivity index (χ2v) is 8.70. The van der Waals surface area contributed by atoms with E-state index in [0.29, 0.717) is 11.8 Å². The molecule has 1 aromatic carbocycles. The fourth-order valence-electron chi connectivity index (χ4n) is 2.16. The van der Waals surface area contributed by atoms with E-state index in [1.165, 1.54) is 16.8 Å². The maximum atomic E-state index is 2.51. The quantitative estimate of drug-likeness (QED) is 0.388. The van der Waals surface area contributed by atoms with E-state index >= 15 is 0 Å². The smallest absolute Gasteiger partial charge is 0.0858 e. The van der Waals surface area contributed by atoms with E-state index in [1.807, 2.05) is 0 Å². The van der Waals surface area contributed by atoms with Crippen LogP contribution >= 0.6 is 22.6 Å². The van der Waals surface area contributed by atoms with Gasteiger partial charge in [-0.25, -0.2) is 0 Å². The molecule has 0 aliphatic rings. The monoisotopic (exact) mass is 359 g/mol. The van der Waals surface area contributed by atoms with Gasteiger partial charge in [-0.05, 0) is 36.8 Å². The van der Waals surface area contributed by atoms with Crippen molar-refractivity contribution < 1.29 is 0 Å². The number of para-hydroxylation sites is 1. The molecule has 0 amide bonds. The van der Waals surface area contributed by atoms with Gasteiger partial charge in [-0.15, -0.1) is 0 Å². The lowest BCUT2D eigenvalue weighted by molar-refractivity contribution is 0.703. The number of benzene rings is 1. The minimum absolute atomic E-state index is 0.117. The van der Waals surface area contributed by atoms with Gasteiger partial charge in [0, 0.05) is 12.7 Å². The van der Waals surface area contributed by atoms with Crippen molar-refractivity contribution in [3.63, 3.8) is 0 Å². The topological polar surface area (TPSA) is 3.24 Å². The minimum Gasteiger partial charge on any atom is -0.360 e. The second-order valence-electron chi connectivity index (χ2n) is 6.06. The highest BCUT2D eigenvalue weighted by Crippen LogP contribution is 2.39. The van der Waals surface area contributed by atoms with Crippen LogP contribution in [-0.2, 0) is 0 Å². The molecule has 0 aromatic heterocycles. The third-order valence-corrected chi connectivity index (χ3v) is 4.20. The molecule has 0 radical (unpaired) electrons. The van der Waals surface area contributed by atoms with Gasteiger partial charge in [-0.2, -0.15) is 0 Å². The van der Waals surface area contributed by atoms with Crippen LogP contribution in [0.3, 0.4) is 0 Å². The molecule has 0 bridgehead atoms. The highest BCUT2D eigenvalue weighted by Gasteiger charge is 2.25. The first-order chi connectivity index (χ1) is 8.16. The molecule has 0 aliphatic heterocycles. The summed E-state index contributed by atoms with van der Waals surface area (Å²) in [6.45, 7) is 13.6. The van der Waals surface area contributed by atoms with Crippen LogP contribution in [0, 0.1) is 0 Å². The third kappa shape index (κ3) is 3.40. The molecular formula is C16H26IN. The third-order valence-electron chi connectivity index (χ3n) is 3.48. The van der Waals surface area contributed by atoms with Crippen LogP contribution in [0.25, 0.3) is 0 Å². The lowest BCUT2D eigenvalue weighted by Gasteiger charge is -2.37. The van der Waals surface area contributed by atoms with Gasteiger partial charge >= 0.3 is 0 Å². The first-order valence-corrected chi connectivity index (χ1v) is 7.79. The Labute approximate surface area is 126 Å². The summed E-state index contributed by atoms with van der Waals surface area (Å²) in [7, 11) is 2.21. The molecular weight excluding hydrogens is 333 g/mol. The maximum Gasteiger partial charge on any atom is 0.0858 e. The van der Waals surface area contributed by atoms with Crippen molar-refractivity contribution >= 4 is 28.3 Å². The molecule has 1 rings (SSSR count). The van der Waals surface area contributed by atoms with Crippen molar-refractivity contribution in [3.8, 4) is 0 Å². The van der Waals surface area contributed by atoms with E-state index in [4.69, 9.17) is 0 Å². The van der Waals surface area contributed by atoms with Crippen molar-refractivity contribution in [1.29, 1.82) is 0 Å². The SMILES string of the molecule is CC(C)c1cccc(C(C)C)c1N(C)C(C)(C)I. The van der Waals surface area contributed by atoms with Crippen LogP contribution in [0.1, 0.15) is 64.5 Å². The summed E-state index contributed by atoms with van der Waals surface area (Å²) in [5, 5.41) is 0. The molecule has 18 heavy (non-hydrogen) atoms. The van der Waals surface area contributed by atoms with E-state index in [0.717, 1.165) is 0 Å². The summed E-state index contributed by atoms with van der Waals surface area (Å²) in [6.07, 6.45) is 0. The van der Waals surface area contributed by atoms with E-state index < -0.39 is 0 Å². The normalized spacial score (nSPS) is 12.3. The predicted molar refractivity (Wildman–Crippen MR) is 91.1 cm³/mol. The molecule has 0 heterocycles. The standard InChI is InChI=1S/C16H26IN/c1-11(2)13-9-8-10-14(12(3)4)15(13)18(7)16(5,6)17/h8-12H,1-7H3. The number of hydrogen-bond acceptors (Lipinski definition) is 1. The zero-order chi connectivity index (χ0) is 14.1. The van der Waals surface area contributed by atoms with Gasteiger partial charge in [0.05, 0.1) is 3.55 Å². The number of halogens is 1. The van der Waals surface area contributed by atoms with Crippen molar-refractivity contribution in [1.82, 2.24) is 0 Å². The van der Waals surface area contributed by atoms with Crippen LogP contribution in [0.15, 0.2) is 18.2 Å². The molecule has 0 unspecified atom stereocenters. The van der Waals surface area contributed by atoms with Crippen LogP contribution in [-0.4, -0.2) is 10.6 Å². The summed E-state index contributed by atoms with van der Waals surface area (Å²) in [5.74, 6) is 1.11. The van der Waals surface area contributed by atoms with E-state index in [2.05, 4.69) is 94.3 Å². The summed E-state index contributed by atoms with van der Waals surface area (Å²) in [6, 6.07) is 6.73. The molecule has 0 atom stereocenters. The number of hydrogen-bond donors (Lipinski definition) is 0. The zero-order valence-corrected chi connectivity index (χ0v) is 14.9. The van der Waals surface area contributed by atoms with Gasteiger partial charge in [-0.3, -0.25) is 0 Å². The molecule has 0 saturated carbocycles. The molecule has 1 aromatic rings. The summed E-state index contributed by atoms with van der Waals surface area (Å²) >= 11 is 2.51. The Hall–Kier alpha value is -0.250. The van der Waals surface area contributed by atoms with Crippen LogP contribution in [0.5, 0.6) is 0 Å². The van der Waals surface area contributed by atoms with Crippen molar-refractivity contribution in [2.75, 3.05) is 11.9 Å². The summed E-state index contributed by atoms with van der Waals surface area (Å²) in [5.41, 5.74) is 4.32. The van der Waals surface area contributed by atoms with Crippen LogP contribution in [0.4, 0.5) is 5.69 Å². The van der Waals surface area contributed by atoms with Crippen molar-refractivity contribution in [2.24, 2.45) is 0 Å². The van der Waals surface area contributed by atoms with Gasteiger partial charge in [0.25, 0.3) is 0 Å². The van der Waals surface area contributed by atoms with Crippen LogP contribution < -0.4 is 4.90 Å². The number of alkyl halides is 1. The Morgan fingerprint density at radius 3 is 1.67 bits per heavy atom. The molecule has 0 fully saturated rings. The minimum atomic E-state index is 0.117. The van der Waals surface area contributed by atoms with Gasteiger partial charge in [-0.1, -0.05) is 68.5 Å². The number of nitrogens with zero attached hydrogens (tertiary/aromatic N) is 1. The molecule has 0 spiro atoms. The van der Waals surface area contributed by atoms with Gasteiger partial charge in [0.2, 0.25) is 0 Å². The Balaban J connectivity index is 3.45. The average molecular weight is 359 g/mol. The fourth-order valence-corrected chi connectivity index (χ4v) is 2.41. The lowest BCUT2D eigenvalue weighted by Crippen LogP contribution is -2.36.